The quantitative estimate of drug-likeness (QED) is 0.676. The molecule has 3 atom stereocenters. The summed E-state index contributed by atoms with van der Waals surface area (Å²) in [7, 11) is 4.22. The Hall–Kier alpha value is -2.51. The number of ether oxygens (including phenoxy) is 2. The number of hydrogen-bond acceptors (Lipinski definition) is 5. The van der Waals surface area contributed by atoms with E-state index in [0.717, 1.165) is 41.6 Å². The molecule has 1 amide bonds. The predicted molar refractivity (Wildman–Crippen MR) is 136 cm³/mol. The number of fused-ring (bicyclic) bond motifs is 2. The van der Waals surface area contributed by atoms with Gasteiger partial charge in [-0.15, -0.1) is 0 Å². The van der Waals surface area contributed by atoms with Crippen molar-refractivity contribution in [3.8, 4) is 11.5 Å². The fraction of sp³-hybridized carbons (Fsp3) is 0.556. The first kappa shape index (κ1) is 24.2. The molecule has 0 radical (unpaired) electrons. The van der Waals surface area contributed by atoms with Crippen molar-refractivity contribution in [1.29, 1.82) is 0 Å². The van der Waals surface area contributed by atoms with Crippen molar-refractivity contribution >= 4 is 17.5 Å². The van der Waals surface area contributed by atoms with Gasteiger partial charge in [-0.2, -0.15) is 0 Å². The van der Waals surface area contributed by atoms with Gasteiger partial charge >= 0.3 is 0 Å². The predicted octanol–water partition coefficient (Wildman–Crippen LogP) is 4.37. The molecule has 1 aromatic carbocycles. The maximum Gasteiger partial charge on any atom is 0.254 e. The van der Waals surface area contributed by atoms with Crippen molar-refractivity contribution in [3.63, 3.8) is 0 Å². The van der Waals surface area contributed by atoms with Crippen LogP contribution in [0, 0.1) is 26.7 Å². The van der Waals surface area contributed by atoms with E-state index >= 15 is 0 Å². The molecular weight excluding hydrogens is 466 g/mol. The minimum Gasteiger partial charge on any atom is -0.448 e. The SMILES string of the molecule is Cc1cc(C)c(CN2CCc3c(Cl)c4c(c(C)c3C2=O)OC(C)([C@@H]2CC[C@H](N(C)C)C2)O4)c(=O)[nH]1. The third-order valence-corrected chi connectivity index (χ3v) is 8.55. The summed E-state index contributed by atoms with van der Waals surface area (Å²) < 4.78 is 12.9. The number of benzene rings is 1. The largest absolute Gasteiger partial charge is 0.448 e. The molecule has 2 aromatic rings. The molecule has 0 saturated heterocycles. The van der Waals surface area contributed by atoms with Gasteiger partial charge in [-0.3, -0.25) is 9.59 Å². The van der Waals surface area contributed by atoms with E-state index < -0.39 is 5.79 Å². The Balaban J connectivity index is 1.46. The van der Waals surface area contributed by atoms with Crippen molar-refractivity contribution < 1.29 is 14.3 Å². The van der Waals surface area contributed by atoms with E-state index in [1.54, 1.807) is 4.90 Å². The summed E-state index contributed by atoms with van der Waals surface area (Å²) in [4.78, 5) is 33.1. The van der Waals surface area contributed by atoms with E-state index in [0.29, 0.717) is 46.7 Å². The van der Waals surface area contributed by atoms with Crippen LogP contribution in [0.4, 0.5) is 0 Å². The van der Waals surface area contributed by atoms with Gasteiger partial charge in [0.05, 0.1) is 17.1 Å². The number of halogens is 1. The first-order chi connectivity index (χ1) is 16.5. The zero-order valence-corrected chi connectivity index (χ0v) is 22.1. The Morgan fingerprint density at radius 2 is 1.89 bits per heavy atom. The molecule has 8 heteroatoms. The molecule has 2 aliphatic heterocycles. The van der Waals surface area contributed by atoms with Gasteiger partial charge in [0.25, 0.3) is 17.3 Å². The minimum absolute atomic E-state index is 0.126. The van der Waals surface area contributed by atoms with E-state index in [-0.39, 0.29) is 23.9 Å². The Bertz CT molecular complexity index is 1270. The first-order valence-electron chi connectivity index (χ1n) is 12.4. The lowest BCUT2D eigenvalue weighted by Crippen LogP contribution is -2.43. The number of aromatic amines is 1. The van der Waals surface area contributed by atoms with Gasteiger partial charge in [0.15, 0.2) is 11.5 Å². The zero-order valence-electron chi connectivity index (χ0n) is 21.4. The lowest BCUT2D eigenvalue weighted by atomic mass is 9.93. The Labute approximate surface area is 211 Å². The fourth-order valence-corrected chi connectivity index (χ4v) is 6.33. The van der Waals surface area contributed by atoms with Crippen LogP contribution in [0.5, 0.6) is 11.5 Å². The minimum atomic E-state index is -0.805. The van der Waals surface area contributed by atoms with Gasteiger partial charge < -0.3 is 24.3 Å². The van der Waals surface area contributed by atoms with Crippen molar-refractivity contribution in [2.75, 3.05) is 20.6 Å². The van der Waals surface area contributed by atoms with Crippen LogP contribution in [0.1, 0.15) is 64.5 Å². The molecule has 3 aliphatic rings. The summed E-state index contributed by atoms with van der Waals surface area (Å²) in [5, 5.41) is 0.476. The molecule has 5 rings (SSSR count). The van der Waals surface area contributed by atoms with E-state index in [1.165, 1.54) is 0 Å². The number of amides is 1. The second kappa shape index (κ2) is 8.56. The van der Waals surface area contributed by atoms with Crippen LogP contribution >= 0.6 is 11.6 Å². The number of H-pyrrole nitrogens is 1. The van der Waals surface area contributed by atoms with Crippen LogP contribution in [0.25, 0.3) is 0 Å². The molecule has 1 unspecified atom stereocenters. The second-order valence-corrected chi connectivity index (χ2v) is 11.1. The van der Waals surface area contributed by atoms with Crippen molar-refractivity contribution in [2.24, 2.45) is 5.92 Å². The monoisotopic (exact) mass is 499 g/mol. The molecule has 1 aromatic heterocycles. The highest BCUT2D eigenvalue weighted by Gasteiger charge is 2.50. The highest BCUT2D eigenvalue weighted by molar-refractivity contribution is 6.34. The lowest BCUT2D eigenvalue weighted by molar-refractivity contribution is -0.109. The number of aryl methyl sites for hydroxylation is 2. The Morgan fingerprint density at radius 1 is 1.17 bits per heavy atom. The molecular formula is C27H34ClN3O4. The van der Waals surface area contributed by atoms with Crippen LogP contribution < -0.4 is 15.0 Å². The summed E-state index contributed by atoms with van der Waals surface area (Å²) in [5.41, 5.74) is 4.30. The summed E-state index contributed by atoms with van der Waals surface area (Å²) in [5.74, 6) is 0.437. The van der Waals surface area contributed by atoms with Crippen LogP contribution in [0.2, 0.25) is 5.02 Å². The third-order valence-electron chi connectivity index (χ3n) is 8.15. The Morgan fingerprint density at radius 3 is 2.54 bits per heavy atom. The van der Waals surface area contributed by atoms with Crippen molar-refractivity contribution in [3.05, 3.63) is 55.0 Å². The molecule has 3 heterocycles. The van der Waals surface area contributed by atoms with Crippen LogP contribution in [-0.4, -0.2) is 53.2 Å². The molecule has 1 fully saturated rings. The number of rotatable bonds is 4. The zero-order chi connectivity index (χ0) is 25.2. The molecule has 35 heavy (non-hydrogen) atoms. The van der Waals surface area contributed by atoms with E-state index in [2.05, 4.69) is 24.0 Å². The van der Waals surface area contributed by atoms with Gasteiger partial charge in [-0.25, -0.2) is 0 Å². The highest BCUT2D eigenvalue weighted by Crippen LogP contribution is 2.54. The van der Waals surface area contributed by atoms with Crippen molar-refractivity contribution in [2.45, 2.75) is 71.8 Å². The number of pyridine rings is 1. The van der Waals surface area contributed by atoms with Crippen LogP contribution in [0.3, 0.4) is 0 Å². The summed E-state index contributed by atoms with van der Waals surface area (Å²) in [6, 6.07) is 2.44. The van der Waals surface area contributed by atoms with E-state index in [9.17, 15) is 9.59 Å². The first-order valence-corrected chi connectivity index (χ1v) is 12.8. The molecule has 0 spiro atoms. The summed E-state index contributed by atoms with van der Waals surface area (Å²) in [6.07, 6.45) is 3.71. The topological polar surface area (TPSA) is 74.9 Å². The van der Waals surface area contributed by atoms with Crippen LogP contribution in [-0.2, 0) is 13.0 Å². The highest BCUT2D eigenvalue weighted by atomic mass is 35.5. The van der Waals surface area contributed by atoms with Gasteiger partial charge in [-0.05, 0) is 77.7 Å². The van der Waals surface area contributed by atoms with Gasteiger partial charge in [0.2, 0.25) is 0 Å². The standard InChI is InChI=1S/C27H34ClN3O4/c1-14-11-15(2)29-25(32)20(14)13-31-10-9-19-21(26(31)33)16(3)23-24(22(19)28)35-27(4,34-23)17-7-8-18(12-17)30(5)6/h11,17-18H,7-10,12-13H2,1-6H3,(H,29,32)/t17-,18+,27?/m1/s1. The molecule has 1 N–H and O–H groups in total. The number of nitrogens with zero attached hydrogens (tertiary/aromatic N) is 2. The fourth-order valence-electron chi connectivity index (χ4n) is 6.02. The number of carbonyl (C=O) groups excluding carboxylic acids is 1. The molecule has 188 valence electrons. The van der Waals surface area contributed by atoms with Gasteiger partial charge in [0.1, 0.15) is 0 Å². The van der Waals surface area contributed by atoms with E-state index in [4.69, 9.17) is 21.1 Å². The van der Waals surface area contributed by atoms with Crippen LogP contribution in [0.15, 0.2) is 10.9 Å². The maximum atomic E-state index is 13.7. The average molecular weight is 500 g/mol. The second-order valence-electron chi connectivity index (χ2n) is 10.7. The normalized spacial score (nSPS) is 25.5. The number of aromatic nitrogens is 1. The summed E-state index contributed by atoms with van der Waals surface area (Å²) >= 11 is 6.86. The smallest absolute Gasteiger partial charge is 0.254 e. The summed E-state index contributed by atoms with van der Waals surface area (Å²) in [6.45, 7) is 8.41. The van der Waals surface area contributed by atoms with Gasteiger partial charge in [0, 0.05) is 42.2 Å². The van der Waals surface area contributed by atoms with Crippen molar-refractivity contribution in [1.82, 2.24) is 14.8 Å². The average Bonchev–Trinajstić information content (AvgIpc) is 3.42. The van der Waals surface area contributed by atoms with E-state index in [1.807, 2.05) is 33.8 Å². The van der Waals surface area contributed by atoms with Gasteiger partial charge in [-0.1, -0.05) is 11.6 Å². The molecule has 1 aliphatic carbocycles. The molecule has 1 saturated carbocycles. The molecule has 0 bridgehead atoms. The third kappa shape index (κ3) is 3.93. The Kier molecular flexibility index (Phi) is 5.92. The number of hydrogen-bond donors (Lipinski definition) is 1. The molecule has 7 nitrogen and oxygen atoms in total. The number of carbonyl (C=O) groups is 1. The number of nitrogens with one attached hydrogen (secondary N) is 1. The lowest BCUT2D eigenvalue weighted by Gasteiger charge is -2.31. The maximum absolute atomic E-state index is 13.7.